The van der Waals surface area contributed by atoms with Crippen molar-refractivity contribution in [3.8, 4) is 5.69 Å². The second kappa shape index (κ2) is 9.06. The van der Waals surface area contributed by atoms with Crippen LogP contribution in [0.5, 0.6) is 0 Å². The zero-order chi connectivity index (χ0) is 24.9. The molecule has 9 nitrogen and oxygen atoms in total. The van der Waals surface area contributed by atoms with Crippen LogP contribution in [0.4, 0.5) is 5.82 Å². The van der Waals surface area contributed by atoms with Crippen LogP contribution in [0.15, 0.2) is 45.9 Å². The maximum atomic E-state index is 12.8. The highest BCUT2D eigenvalue weighted by Gasteiger charge is 2.37. The molecule has 2 fully saturated rings. The summed E-state index contributed by atoms with van der Waals surface area (Å²) in [5.74, 6) is 1.96. The summed E-state index contributed by atoms with van der Waals surface area (Å²) in [5, 5.41) is 11.9. The lowest BCUT2D eigenvalue weighted by molar-refractivity contribution is -0.0307. The van der Waals surface area contributed by atoms with Crippen LogP contribution in [0.1, 0.15) is 59.2 Å². The number of nitrogens with zero attached hydrogens (tertiary/aromatic N) is 5. The number of carbonyl (C=O) groups is 1. The lowest BCUT2D eigenvalue weighted by atomic mass is 9.90. The molecule has 0 atom stereocenters. The molecule has 1 amide bonds. The maximum Gasteiger partial charge on any atom is 0.291 e. The molecule has 0 bridgehead atoms. The van der Waals surface area contributed by atoms with Crippen molar-refractivity contribution >= 4 is 29.7 Å². The first kappa shape index (κ1) is 23.3. The van der Waals surface area contributed by atoms with E-state index in [9.17, 15) is 9.90 Å². The van der Waals surface area contributed by atoms with E-state index in [0.717, 1.165) is 35.5 Å². The summed E-state index contributed by atoms with van der Waals surface area (Å²) in [5.41, 5.74) is 7.78. The quantitative estimate of drug-likeness (QED) is 0.526. The minimum atomic E-state index is -0.911. The van der Waals surface area contributed by atoms with Gasteiger partial charge < -0.3 is 25.1 Å². The van der Waals surface area contributed by atoms with Gasteiger partial charge in [0.15, 0.2) is 5.89 Å². The van der Waals surface area contributed by atoms with Crippen LogP contribution in [0, 0.1) is 0 Å². The normalized spacial score (nSPS) is 19.0. The Labute approximate surface area is 214 Å². The average Bonchev–Trinajstić information content (AvgIpc) is 3.52. The van der Waals surface area contributed by atoms with Gasteiger partial charge in [0.05, 0.1) is 18.1 Å². The number of hydrogen-bond acceptors (Lipinski definition) is 7. The molecule has 188 valence electrons. The predicted octanol–water partition coefficient (Wildman–Crippen LogP) is 3.60. The third-order valence-electron chi connectivity index (χ3n) is 7.29. The van der Waals surface area contributed by atoms with E-state index in [1.54, 1.807) is 11.2 Å². The first-order chi connectivity index (χ1) is 17.4. The second-order valence-electron chi connectivity index (χ2n) is 10.0. The molecule has 2 aliphatic heterocycles. The second-order valence-corrected chi connectivity index (χ2v) is 10.4. The van der Waals surface area contributed by atoms with Crippen molar-refractivity contribution in [2.24, 2.45) is 10.7 Å². The van der Waals surface area contributed by atoms with Gasteiger partial charge in [-0.1, -0.05) is 23.7 Å². The predicted molar refractivity (Wildman–Crippen MR) is 136 cm³/mol. The standard InChI is InChI=1S/C26H29ClN6O3/c27-22-11-19-14-31(16-30-23(19)33(22)20-5-1-17(12-28)2-6-20)15-26(35)7-9-32(10-8-26)25(34)21-13-29-24(36-21)18-3-4-18/h1-2,5-6,11,13,16,18,35H,3-4,7-10,12,14-15,28H2. The molecule has 0 spiro atoms. The molecule has 0 unspecified atom stereocenters. The van der Waals surface area contributed by atoms with Crippen LogP contribution in [0.3, 0.4) is 0 Å². The molecule has 1 aromatic carbocycles. The Kier molecular flexibility index (Phi) is 5.86. The summed E-state index contributed by atoms with van der Waals surface area (Å²) in [7, 11) is 0. The summed E-state index contributed by atoms with van der Waals surface area (Å²) >= 11 is 6.58. The summed E-state index contributed by atoms with van der Waals surface area (Å²) in [6.45, 7) is 2.44. The van der Waals surface area contributed by atoms with Crippen molar-refractivity contribution in [1.82, 2.24) is 19.4 Å². The number of aliphatic imine (C=N–C) groups is 1. The molecule has 4 heterocycles. The Morgan fingerprint density at radius 1 is 1.22 bits per heavy atom. The monoisotopic (exact) mass is 508 g/mol. The lowest BCUT2D eigenvalue weighted by Gasteiger charge is -2.40. The number of benzene rings is 1. The number of halogens is 1. The van der Waals surface area contributed by atoms with Crippen LogP contribution in [0.25, 0.3) is 5.69 Å². The van der Waals surface area contributed by atoms with Gasteiger partial charge in [0.2, 0.25) is 5.76 Å². The van der Waals surface area contributed by atoms with Crippen LogP contribution < -0.4 is 5.73 Å². The number of hydrogen-bond donors (Lipinski definition) is 2. The molecule has 36 heavy (non-hydrogen) atoms. The first-order valence-corrected chi connectivity index (χ1v) is 12.8. The minimum absolute atomic E-state index is 0.156. The molecular weight excluding hydrogens is 480 g/mol. The number of oxazole rings is 1. The van der Waals surface area contributed by atoms with Gasteiger partial charge in [0, 0.05) is 49.9 Å². The van der Waals surface area contributed by atoms with Gasteiger partial charge in [0.1, 0.15) is 11.0 Å². The SMILES string of the molecule is NCc1ccc(-n2c(Cl)cc3c2N=CN(CC2(O)CCN(C(=O)c4cnc(C5CC5)o4)CC2)C3)cc1. The van der Waals surface area contributed by atoms with E-state index in [1.807, 2.05) is 39.8 Å². The van der Waals surface area contributed by atoms with E-state index in [0.29, 0.717) is 62.5 Å². The third kappa shape index (κ3) is 4.42. The number of likely N-dealkylation sites (tertiary alicyclic amines) is 1. The number of aliphatic hydroxyl groups is 1. The highest BCUT2D eigenvalue weighted by molar-refractivity contribution is 6.30. The minimum Gasteiger partial charge on any atom is -0.435 e. The number of rotatable bonds is 6. The third-order valence-corrected chi connectivity index (χ3v) is 7.57. The Hall–Kier alpha value is -3.14. The molecule has 1 aliphatic carbocycles. The molecule has 1 saturated heterocycles. The number of β-amino-alcohol motifs (C(OH)–C–C–N with tert-alkyl or cyclic N) is 1. The number of nitrogens with two attached hydrogens (primary N) is 1. The van der Waals surface area contributed by atoms with Gasteiger partial charge in [-0.2, -0.15) is 0 Å². The first-order valence-electron chi connectivity index (χ1n) is 12.4. The van der Waals surface area contributed by atoms with Crippen LogP contribution in [-0.2, 0) is 13.1 Å². The number of fused-ring (bicyclic) bond motifs is 1. The van der Waals surface area contributed by atoms with E-state index in [-0.39, 0.29) is 11.7 Å². The molecule has 3 aliphatic rings. The van der Waals surface area contributed by atoms with Gasteiger partial charge in [-0.25, -0.2) is 9.98 Å². The highest BCUT2D eigenvalue weighted by Crippen LogP contribution is 2.40. The van der Waals surface area contributed by atoms with Gasteiger partial charge in [-0.05, 0) is 49.4 Å². The Bertz CT molecular complexity index is 1300. The molecule has 10 heteroatoms. The molecule has 3 aromatic rings. The van der Waals surface area contributed by atoms with Gasteiger partial charge in [-0.15, -0.1) is 0 Å². The number of carbonyl (C=O) groups excluding carboxylic acids is 1. The topological polar surface area (TPSA) is 113 Å². The zero-order valence-corrected chi connectivity index (χ0v) is 20.7. The van der Waals surface area contributed by atoms with Crippen molar-refractivity contribution in [2.75, 3.05) is 19.6 Å². The van der Waals surface area contributed by atoms with Crippen molar-refractivity contribution in [3.05, 3.63) is 64.5 Å². The summed E-state index contributed by atoms with van der Waals surface area (Å²) < 4.78 is 7.59. The van der Waals surface area contributed by atoms with E-state index in [4.69, 9.17) is 21.8 Å². The fourth-order valence-corrected chi connectivity index (χ4v) is 5.33. The fraction of sp³-hybridized carbons (Fsp3) is 0.423. The van der Waals surface area contributed by atoms with Crippen LogP contribution >= 0.6 is 11.6 Å². The number of aromatic nitrogens is 2. The average molecular weight is 509 g/mol. The maximum absolute atomic E-state index is 12.8. The number of piperidine rings is 1. The summed E-state index contributed by atoms with van der Waals surface area (Å²) in [4.78, 5) is 25.5. The van der Waals surface area contributed by atoms with Crippen molar-refractivity contribution in [1.29, 1.82) is 0 Å². The highest BCUT2D eigenvalue weighted by atomic mass is 35.5. The fourth-order valence-electron chi connectivity index (χ4n) is 5.02. The smallest absolute Gasteiger partial charge is 0.291 e. The summed E-state index contributed by atoms with van der Waals surface area (Å²) in [6.07, 6.45) is 6.41. The van der Waals surface area contributed by atoms with E-state index in [2.05, 4.69) is 9.98 Å². The van der Waals surface area contributed by atoms with Crippen molar-refractivity contribution in [3.63, 3.8) is 0 Å². The van der Waals surface area contributed by atoms with Gasteiger partial charge in [-0.3, -0.25) is 9.36 Å². The largest absolute Gasteiger partial charge is 0.435 e. The van der Waals surface area contributed by atoms with E-state index in [1.165, 1.54) is 6.20 Å². The Balaban J connectivity index is 1.09. The number of amides is 1. The van der Waals surface area contributed by atoms with Crippen molar-refractivity contribution < 1.29 is 14.3 Å². The Morgan fingerprint density at radius 3 is 2.67 bits per heavy atom. The van der Waals surface area contributed by atoms with Crippen LogP contribution in [0.2, 0.25) is 5.15 Å². The molecule has 3 N–H and O–H groups in total. The lowest BCUT2D eigenvalue weighted by Crippen LogP contribution is -2.52. The van der Waals surface area contributed by atoms with Crippen molar-refractivity contribution in [2.45, 2.75) is 50.3 Å². The van der Waals surface area contributed by atoms with Gasteiger partial charge >= 0.3 is 0 Å². The molecule has 0 radical (unpaired) electrons. The molecule has 1 saturated carbocycles. The molecule has 6 rings (SSSR count). The van der Waals surface area contributed by atoms with Crippen LogP contribution in [-0.4, -0.2) is 61.9 Å². The summed E-state index contributed by atoms with van der Waals surface area (Å²) in [6, 6.07) is 9.87. The van der Waals surface area contributed by atoms with E-state index < -0.39 is 5.60 Å². The molecule has 2 aromatic heterocycles. The molecular formula is C26H29ClN6O3. The van der Waals surface area contributed by atoms with Gasteiger partial charge in [0.25, 0.3) is 5.91 Å². The Morgan fingerprint density at radius 2 is 1.97 bits per heavy atom. The van der Waals surface area contributed by atoms with E-state index >= 15 is 0 Å². The zero-order valence-electron chi connectivity index (χ0n) is 19.9.